The van der Waals surface area contributed by atoms with Gasteiger partial charge in [0.25, 0.3) is 0 Å². The zero-order valence-corrected chi connectivity index (χ0v) is 11.7. The molecule has 2 aromatic heterocycles. The quantitative estimate of drug-likeness (QED) is 0.870. The molecule has 3 rings (SSSR count). The highest BCUT2D eigenvalue weighted by molar-refractivity contribution is 7.71. The zero-order valence-electron chi connectivity index (χ0n) is 10.9. The standard InChI is InChI=1S/C13H17N5S/c1-17-7-4-10(8-17)9-18-12(15-16-13(18)19)11-2-5-14-6-3-11/h2-3,5-6,10H,4,7-9H2,1H3,(H,16,19). The van der Waals surface area contributed by atoms with Crippen molar-refractivity contribution in [3.63, 3.8) is 0 Å². The Morgan fingerprint density at radius 1 is 1.42 bits per heavy atom. The van der Waals surface area contributed by atoms with E-state index in [9.17, 15) is 0 Å². The third-order valence-corrected chi connectivity index (χ3v) is 3.94. The van der Waals surface area contributed by atoms with Crippen LogP contribution in [0.25, 0.3) is 11.4 Å². The fourth-order valence-electron chi connectivity index (χ4n) is 2.64. The fraction of sp³-hybridized carbons (Fsp3) is 0.462. The van der Waals surface area contributed by atoms with Crippen molar-refractivity contribution in [2.75, 3.05) is 20.1 Å². The monoisotopic (exact) mass is 275 g/mol. The predicted molar refractivity (Wildman–Crippen MR) is 76.2 cm³/mol. The first-order chi connectivity index (χ1) is 9.24. The van der Waals surface area contributed by atoms with Gasteiger partial charge in [-0.1, -0.05) is 0 Å². The van der Waals surface area contributed by atoms with E-state index in [0.717, 1.165) is 24.5 Å². The molecule has 6 heteroatoms. The molecule has 1 N–H and O–H groups in total. The van der Waals surface area contributed by atoms with Crippen LogP contribution in [0.4, 0.5) is 0 Å². The van der Waals surface area contributed by atoms with E-state index in [1.807, 2.05) is 12.1 Å². The molecule has 1 fully saturated rings. The molecule has 1 aliphatic rings. The molecule has 0 bridgehead atoms. The lowest BCUT2D eigenvalue weighted by Gasteiger charge is -2.13. The minimum atomic E-state index is 0.648. The lowest BCUT2D eigenvalue weighted by Crippen LogP contribution is -2.17. The third-order valence-electron chi connectivity index (χ3n) is 3.63. The summed E-state index contributed by atoms with van der Waals surface area (Å²) >= 11 is 5.35. The molecule has 5 nitrogen and oxygen atoms in total. The number of pyridine rings is 1. The zero-order chi connectivity index (χ0) is 13.2. The Kier molecular flexibility index (Phi) is 3.44. The van der Waals surface area contributed by atoms with Crippen LogP contribution in [0.3, 0.4) is 0 Å². The maximum absolute atomic E-state index is 5.35. The van der Waals surface area contributed by atoms with Gasteiger partial charge in [0.2, 0.25) is 0 Å². The molecule has 0 aliphatic carbocycles. The molecule has 0 radical (unpaired) electrons. The van der Waals surface area contributed by atoms with E-state index in [1.165, 1.54) is 13.0 Å². The summed E-state index contributed by atoms with van der Waals surface area (Å²) in [4.78, 5) is 6.40. The van der Waals surface area contributed by atoms with Crippen molar-refractivity contribution in [2.45, 2.75) is 13.0 Å². The number of aromatic nitrogens is 4. The maximum Gasteiger partial charge on any atom is 0.195 e. The van der Waals surface area contributed by atoms with Crippen molar-refractivity contribution in [3.8, 4) is 11.4 Å². The Morgan fingerprint density at radius 3 is 2.89 bits per heavy atom. The van der Waals surface area contributed by atoms with Crippen molar-refractivity contribution in [1.29, 1.82) is 0 Å². The van der Waals surface area contributed by atoms with Gasteiger partial charge in [-0.3, -0.25) is 14.6 Å². The summed E-state index contributed by atoms with van der Waals surface area (Å²) in [6.45, 7) is 3.22. The smallest absolute Gasteiger partial charge is 0.195 e. The first-order valence-corrected chi connectivity index (χ1v) is 6.89. The number of aromatic amines is 1. The molecule has 1 unspecified atom stereocenters. The molecule has 0 saturated carbocycles. The van der Waals surface area contributed by atoms with Gasteiger partial charge in [0.15, 0.2) is 10.6 Å². The molecule has 0 amide bonds. The average Bonchev–Trinajstić information content (AvgIpc) is 2.99. The second-order valence-electron chi connectivity index (χ2n) is 5.12. The predicted octanol–water partition coefficient (Wildman–Crippen LogP) is 1.95. The second kappa shape index (κ2) is 5.22. The Morgan fingerprint density at radius 2 is 2.21 bits per heavy atom. The molecule has 0 spiro atoms. The van der Waals surface area contributed by atoms with Crippen LogP contribution in [-0.4, -0.2) is 44.8 Å². The molecule has 3 heterocycles. The van der Waals surface area contributed by atoms with Gasteiger partial charge < -0.3 is 4.90 Å². The lowest BCUT2D eigenvalue weighted by atomic mass is 10.1. The van der Waals surface area contributed by atoms with E-state index < -0.39 is 0 Å². The van der Waals surface area contributed by atoms with Crippen molar-refractivity contribution in [3.05, 3.63) is 29.3 Å². The lowest BCUT2D eigenvalue weighted by molar-refractivity contribution is 0.378. The second-order valence-corrected chi connectivity index (χ2v) is 5.50. The Bertz CT molecular complexity index is 603. The molecule has 2 aromatic rings. The minimum absolute atomic E-state index is 0.648. The highest BCUT2D eigenvalue weighted by atomic mass is 32.1. The molecule has 19 heavy (non-hydrogen) atoms. The van der Waals surface area contributed by atoms with Crippen LogP contribution in [-0.2, 0) is 6.54 Å². The number of hydrogen-bond acceptors (Lipinski definition) is 4. The van der Waals surface area contributed by atoms with Crippen LogP contribution in [0, 0.1) is 10.7 Å². The summed E-state index contributed by atoms with van der Waals surface area (Å²) < 4.78 is 2.80. The van der Waals surface area contributed by atoms with Crippen LogP contribution >= 0.6 is 12.2 Å². The van der Waals surface area contributed by atoms with E-state index in [1.54, 1.807) is 12.4 Å². The van der Waals surface area contributed by atoms with Gasteiger partial charge in [-0.05, 0) is 50.3 Å². The summed E-state index contributed by atoms with van der Waals surface area (Å²) in [6.07, 6.45) is 4.78. The highest BCUT2D eigenvalue weighted by Crippen LogP contribution is 2.21. The number of H-pyrrole nitrogens is 1. The molecule has 1 saturated heterocycles. The van der Waals surface area contributed by atoms with Crippen LogP contribution in [0.1, 0.15) is 6.42 Å². The van der Waals surface area contributed by atoms with Gasteiger partial charge in [-0.15, -0.1) is 0 Å². The summed E-state index contributed by atoms with van der Waals surface area (Å²) in [7, 11) is 2.17. The Hall–Kier alpha value is -1.53. The van der Waals surface area contributed by atoms with Gasteiger partial charge in [-0.2, -0.15) is 5.10 Å². The average molecular weight is 275 g/mol. The van der Waals surface area contributed by atoms with Crippen LogP contribution < -0.4 is 0 Å². The summed E-state index contributed by atoms with van der Waals surface area (Å²) in [5.74, 6) is 1.55. The molecule has 100 valence electrons. The third kappa shape index (κ3) is 2.59. The van der Waals surface area contributed by atoms with Gasteiger partial charge in [0.05, 0.1) is 0 Å². The van der Waals surface area contributed by atoms with Crippen LogP contribution in [0.2, 0.25) is 0 Å². The molecular formula is C13H17N5S. The van der Waals surface area contributed by atoms with Crippen LogP contribution in [0.15, 0.2) is 24.5 Å². The van der Waals surface area contributed by atoms with Gasteiger partial charge in [0.1, 0.15) is 0 Å². The SMILES string of the molecule is CN1CCC(Cn2c(-c3ccncc3)n[nH]c2=S)C1. The number of hydrogen-bond donors (Lipinski definition) is 1. The first-order valence-electron chi connectivity index (χ1n) is 6.48. The van der Waals surface area contributed by atoms with Crippen molar-refractivity contribution in [1.82, 2.24) is 24.6 Å². The Balaban J connectivity index is 1.89. The van der Waals surface area contributed by atoms with E-state index in [0.29, 0.717) is 10.7 Å². The van der Waals surface area contributed by atoms with Crippen molar-refractivity contribution < 1.29 is 0 Å². The maximum atomic E-state index is 5.35. The minimum Gasteiger partial charge on any atom is -0.306 e. The fourth-order valence-corrected chi connectivity index (χ4v) is 2.85. The van der Waals surface area contributed by atoms with E-state index in [4.69, 9.17) is 12.2 Å². The van der Waals surface area contributed by atoms with E-state index >= 15 is 0 Å². The first kappa shape index (κ1) is 12.5. The normalized spacial score (nSPS) is 19.9. The van der Waals surface area contributed by atoms with Crippen molar-refractivity contribution >= 4 is 12.2 Å². The highest BCUT2D eigenvalue weighted by Gasteiger charge is 2.21. The van der Waals surface area contributed by atoms with Gasteiger partial charge >= 0.3 is 0 Å². The topological polar surface area (TPSA) is 49.7 Å². The van der Waals surface area contributed by atoms with Crippen LogP contribution in [0.5, 0.6) is 0 Å². The van der Waals surface area contributed by atoms with Crippen molar-refractivity contribution in [2.24, 2.45) is 5.92 Å². The Labute approximate surface area is 117 Å². The van der Waals surface area contributed by atoms with Gasteiger partial charge in [-0.25, -0.2) is 0 Å². The molecular weight excluding hydrogens is 258 g/mol. The number of nitrogens with one attached hydrogen (secondary N) is 1. The van der Waals surface area contributed by atoms with E-state index in [-0.39, 0.29) is 0 Å². The molecule has 0 aromatic carbocycles. The molecule has 1 aliphatic heterocycles. The summed E-state index contributed by atoms with van der Waals surface area (Å²) in [5.41, 5.74) is 1.05. The van der Waals surface area contributed by atoms with Gasteiger partial charge in [0, 0.05) is 31.0 Å². The molecule has 1 atom stereocenters. The van der Waals surface area contributed by atoms with E-state index in [2.05, 4.69) is 31.7 Å². The number of nitrogens with zero attached hydrogens (tertiary/aromatic N) is 4. The summed E-state index contributed by atoms with van der Waals surface area (Å²) in [6, 6.07) is 3.92. The summed E-state index contributed by atoms with van der Waals surface area (Å²) in [5, 5.41) is 7.25. The number of rotatable bonds is 3. The largest absolute Gasteiger partial charge is 0.306 e. The number of likely N-dealkylation sites (tertiary alicyclic amines) is 1.